The van der Waals surface area contributed by atoms with Crippen molar-refractivity contribution >= 4 is 11.6 Å². The maximum Gasteiger partial charge on any atom is 0.259 e. The number of amides is 1. The third-order valence-corrected chi connectivity index (χ3v) is 7.87. The molecule has 2 aliphatic rings. The monoisotopic (exact) mass is 583 g/mol. The van der Waals surface area contributed by atoms with Crippen LogP contribution in [0.1, 0.15) is 37.3 Å². The van der Waals surface area contributed by atoms with Gasteiger partial charge in [0.2, 0.25) is 0 Å². The number of aromatic nitrogens is 3. The normalized spacial score (nSPS) is 27.8. The molecule has 0 spiro atoms. The van der Waals surface area contributed by atoms with Gasteiger partial charge in [0.15, 0.2) is 6.10 Å². The predicted octanol–water partition coefficient (Wildman–Crippen LogP) is 2.11. The zero-order valence-corrected chi connectivity index (χ0v) is 22.8. The second-order valence-corrected chi connectivity index (χ2v) is 10.5. The molecule has 222 valence electrons. The summed E-state index contributed by atoms with van der Waals surface area (Å²) in [5, 5.41) is 49.8. The number of ether oxygens (including phenoxy) is 2. The van der Waals surface area contributed by atoms with Crippen LogP contribution in [0, 0.1) is 23.0 Å². The minimum absolute atomic E-state index is 0.102. The SMILES string of the molecule is COC1C(C(=O)N(c2cccc(C#N)c2)[C@H]2CCCC[C@@H]2O)OC(CO)C(O)C1n1cc(-c2cc(F)cc(F)c2)nn1. The van der Waals surface area contributed by atoms with Crippen LogP contribution in [-0.2, 0) is 14.3 Å². The molecule has 3 aromatic rings. The first-order valence-electron chi connectivity index (χ1n) is 13.6. The maximum absolute atomic E-state index is 14.4. The van der Waals surface area contributed by atoms with E-state index in [0.717, 1.165) is 31.0 Å². The fourth-order valence-electron chi connectivity index (χ4n) is 5.85. The van der Waals surface area contributed by atoms with Crippen LogP contribution in [0.25, 0.3) is 11.3 Å². The smallest absolute Gasteiger partial charge is 0.259 e. The van der Waals surface area contributed by atoms with Crippen molar-refractivity contribution in [2.24, 2.45) is 0 Å². The van der Waals surface area contributed by atoms with Crippen LogP contribution < -0.4 is 4.90 Å². The number of methoxy groups -OCH3 is 1. The number of carbonyl (C=O) groups is 1. The summed E-state index contributed by atoms with van der Waals surface area (Å²) < 4.78 is 40.6. The van der Waals surface area contributed by atoms with E-state index in [4.69, 9.17) is 9.47 Å². The Morgan fingerprint density at radius 1 is 1.19 bits per heavy atom. The van der Waals surface area contributed by atoms with Gasteiger partial charge < -0.3 is 29.7 Å². The molecule has 11 nitrogen and oxygen atoms in total. The minimum Gasteiger partial charge on any atom is -0.394 e. The third kappa shape index (κ3) is 5.77. The summed E-state index contributed by atoms with van der Waals surface area (Å²) in [5.41, 5.74) is 0.901. The van der Waals surface area contributed by atoms with Crippen molar-refractivity contribution in [3.63, 3.8) is 0 Å². The first-order valence-corrected chi connectivity index (χ1v) is 13.6. The standard InChI is InChI=1S/C29H31F2N5O6/c1-41-27-25(35-14-21(33-34-35)17-10-18(30)12-19(31)11-17)26(39)24(15-37)42-28(27)29(40)36(22-7-2-3-8-23(22)38)20-6-4-5-16(9-20)13-32/h4-6,9-12,14,22-28,37-39H,2-3,7-8,15H2,1H3/t22-,23-,24?,25?,26?,27?,28?/m0/s1. The van der Waals surface area contributed by atoms with Crippen LogP contribution in [0.2, 0.25) is 0 Å². The van der Waals surface area contributed by atoms with Gasteiger partial charge in [0, 0.05) is 24.4 Å². The fraction of sp³-hybridized carbons (Fsp3) is 0.448. The van der Waals surface area contributed by atoms with Gasteiger partial charge in [0.1, 0.15) is 41.7 Å². The molecular formula is C29H31F2N5O6. The van der Waals surface area contributed by atoms with Crippen LogP contribution in [0.4, 0.5) is 14.5 Å². The van der Waals surface area contributed by atoms with E-state index in [2.05, 4.69) is 16.4 Å². The summed E-state index contributed by atoms with van der Waals surface area (Å²) >= 11 is 0. The molecule has 3 N–H and O–H groups in total. The number of aliphatic hydroxyl groups excluding tert-OH is 3. The lowest BCUT2D eigenvalue weighted by molar-refractivity contribution is -0.211. The Kier molecular flexibility index (Phi) is 8.91. The maximum atomic E-state index is 14.4. The molecule has 0 radical (unpaired) electrons. The van der Waals surface area contributed by atoms with Crippen molar-refractivity contribution in [2.75, 3.05) is 18.6 Å². The number of hydrogen-bond donors (Lipinski definition) is 3. The van der Waals surface area contributed by atoms with Crippen LogP contribution in [0.3, 0.4) is 0 Å². The van der Waals surface area contributed by atoms with Crippen molar-refractivity contribution in [1.29, 1.82) is 5.26 Å². The molecule has 1 saturated carbocycles. The van der Waals surface area contributed by atoms with Crippen molar-refractivity contribution in [2.45, 2.75) is 68.3 Å². The van der Waals surface area contributed by atoms with Crippen molar-refractivity contribution in [1.82, 2.24) is 15.0 Å². The molecule has 42 heavy (non-hydrogen) atoms. The Labute approximate surface area is 240 Å². The molecule has 1 aliphatic heterocycles. The second-order valence-electron chi connectivity index (χ2n) is 10.5. The zero-order chi connectivity index (χ0) is 30.0. The van der Waals surface area contributed by atoms with Gasteiger partial charge >= 0.3 is 0 Å². The van der Waals surface area contributed by atoms with E-state index in [1.165, 1.54) is 22.9 Å². The van der Waals surface area contributed by atoms with E-state index in [0.29, 0.717) is 24.1 Å². The first-order chi connectivity index (χ1) is 20.2. The highest BCUT2D eigenvalue weighted by Crippen LogP contribution is 2.36. The average Bonchev–Trinajstić information content (AvgIpc) is 3.47. The second kappa shape index (κ2) is 12.6. The number of halogens is 2. The van der Waals surface area contributed by atoms with Crippen molar-refractivity contribution in [3.8, 4) is 17.3 Å². The van der Waals surface area contributed by atoms with Gasteiger partial charge in [-0.25, -0.2) is 13.5 Å². The lowest BCUT2D eigenvalue weighted by Gasteiger charge is -2.46. The number of anilines is 1. The number of aliphatic hydroxyl groups is 3. The molecule has 1 aliphatic carbocycles. The number of rotatable bonds is 7. The van der Waals surface area contributed by atoms with Crippen molar-refractivity contribution < 1.29 is 38.4 Å². The van der Waals surface area contributed by atoms with E-state index in [9.17, 15) is 34.2 Å². The summed E-state index contributed by atoms with van der Waals surface area (Å²) in [4.78, 5) is 15.8. The summed E-state index contributed by atoms with van der Waals surface area (Å²) in [6.07, 6.45) is -2.15. The van der Waals surface area contributed by atoms with Crippen LogP contribution in [-0.4, -0.2) is 86.5 Å². The van der Waals surface area contributed by atoms with Crippen molar-refractivity contribution in [3.05, 3.63) is 65.9 Å². The fourth-order valence-corrected chi connectivity index (χ4v) is 5.85. The Hall–Kier alpha value is -3.80. The van der Waals surface area contributed by atoms with Gasteiger partial charge in [0.25, 0.3) is 5.91 Å². The molecule has 13 heteroatoms. The largest absolute Gasteiger partial charge is 0.394 e. The van der Waals surface area contributed by atoms with Crippen LogP contribution in [0.15, 0.2) is 48.7 Å². The first kappa shape index (κ1) is 29.7. The predicted molar refractivity (Wildman–Crippen MR) is 144 cm³/mol. The lowest BCUT2D eigenvalue weighted by Crippen LogP contribution is -2.63. The van der Waals surface area contributed by atoms with E-state index in [1.807, 2.05) is 0 Å². The third-order valence-electron chi connectivity index (χ3n) is 7.87. The highest BCUT2D eigenvalue weighted by atomic mass is 19.1. The lowest BCUT2D eigenvalue weighted by atomic mass is 9.88. The molecule has 1 aromatic heterocycles. The topological polar surface area (TPSA) is 154 Å². The zero-order valence-electron chi connectivity index (χ0n) is 22.8. The Balaban J connectivity index is 1.54. The Bertz CT molecular complexity index is 1440. The number of carbonyl (C=O) groups excluding carboxylic acids is 1. The summed E-state index contributed by atoms with van der Waals surface area (Å²) in [6.45, 7) is -0.648. The Morgan fingerprint density at radius 2 is 1.93 bits per heavy atom. The molecule has 1 amide bonds. The molecule has 5 unspecified atom stereocenters. The molecule has 1 saturated heterocycles. The van der Waals surface area contributed by atoms with E-state index >= 15 is 0 Å². The highest BCUT2D eigenvalue weighted by Gasteiger charge is 2.52. The summed E-state index contributed by atoms with van der Waals surface area (Å²) in [5.74, 6) is -2.22. The Morgan fingerprint density at radius 3 is 2.60 bits per heavy atom. The quantitative estimate of drug-likeness (QED) is 0.379. The average molecular weight is 584 g/mol. The number of nitriles is 1. The van der Waals surface area contributed by atoms with Gasteiger partial charge in [-0.05, 0) is 43.2 Å². The number of benzene rings is 2. The molecule has 2 heterocycles. The number of nitrogens with zero attached hydrogens (tertiary/aromatic N) is 5. The minimum atomic E-state index is -1.42. The molecule has 0 bridgehead atoms. The van der Waals surface area contributed by atoms with Gasteiger partial charge in [-0.1, -0.05) is 24.1 Å². The molecular weight excluding hydrogens is 552 g/mol. The van der Waals surface area contributed by atoms with E-state index in [-0.39, 0.29) is 11.3 Å². The summed E-state index contributed by atoms with van der Waals surface area (Å²) in [7, 11) is 1.32. The molecule has 2 fully saturated rings. The van der Waals surface area contributed by atoms with E-state index in [1.54, 1.807) is 24.3 Å². The number of hydrogen-bond acceptors (Lipinski definition) is 9. The van der Waals surface area contributed by atoms with Crippen LogP contribution in [0.5, 0.6) is 0 Å². The molecule has 7 atom stereocenters. The van der Waals surface area contributed by atoms with Gasteiger partial charge in [0.05, 0.1) is 36.6 Å². The van der Waals surface area contributed by atoms with E-state index < -0.39 is 66.8 Å². The highest BCUT2D eigenvalue weighted by molar-refractivity contribution is 5.98. The van der Waals surface area contributed by atoms with Gasteiger partial charge in [-0.3, -0.25) is 4.79 Å². The van der Waals surface area contributed by atoms with Gasteiger partial charge in [-0.15, -0.1) is 5.10 Å². The summed E-state index contributed by atoms with van der Waals surface area (Å²) in [6, 6.07) is 9.63. The van der Waals surface area contributed by atoms with Gasteiger partial charge in [-0.2, -0.15) is 5.26 Å². The molecule has 5 rings (SSSR count). The van der Waals surface area contributed by atoms with Crippen LogP contribution >= 0.6 is 0 Å². The molecule has 2 aromatic carbocycles.